The van der Waals surface area contributed by atoms with Crippen LogP contribution in [-0.2, 0) is 16.0 Å². The quantitative estimate of drug-likeness (QED) is 0.470. The Bertz CT molecular complexity index is 434. The predicted molar refractivity (Wildman–Crippen MR) is 60.8 cm³/mol. The number of carbonyl (C=O) groups is 1. The van der Waals surface area contributed by atoms with E-state index in [1.54, 1.807) is 14.0 Å². The SMILES string of the molecule is CCOC(=O)Cc1cc(NC)ncc1[N+](=O)[O-]. The van der Waals surface area contributed by atoms with Crippen LogP contribution in [0.2, 0.25) is 0 Å². The van der Waals surface area contributed by atoms with E-state index < -0.39 is 10.9 Å². The Kier molecular flexibility index (Phi) is 4.38. The Morgan fingerprint density at radius 2 is 2.35 bits per heavy atom. The van der Waals surface area contributed by atoms with Crippen LogP contribution in [0, 0.1) is 10.1 Å². The van der Waals surface area contributed by atoms with Crippen molar-refractivity contribution in [2.75, 3.05) is 19.0 Å². The fourth-order valence-electron chi connectivity index (χ4n) is 1.30. The predicted octanol–water partition coefficient (Wildman–Crippen LogP) is 1.14. The van der Waals surface area contributed by atoms with Gasteiger partial charge in [0.25, 0.3) is 5.69 Å². The Morgan fingerprint density at radius 1 is 1.65 bits per heavy atom. The first-order valence-corrected chi connectivity index (χ1v) is 5.05. The first kappa shape index (κ1) is 12.9. The third-order valence-corrected chi connectivity index (χ3v) is 2.06. The van der Waals surface area contributed by atoms with Gasteiger partial charge in [-0.15, -0.1) is 0 Å². The Morgan fingerprint density at radius 3 is 2.88 bits per heavy atom. The van der Waals surface area contributed by atoms with E-state index in [4.69, 9.17) is 4.74 Å². The number of hydrogen-bond donors (Lipinski definition) is 1. The minimum Gasteiger partial charge on any atom is -0.466 e. The van der Waals surface area contributed by atoms with Crippen molar-refractivity contribution in [1.82, 2.24) is 4.98 Å². The van der Waals surface area contributed by atoms with E-state index in [2.05, 4.69) is 10.3 Å². The first-order valence-electron chi connectivity index (χ1n) is 5.05. The van der Waals surface area contributed by atoms with Crippen LogP contribution in [0.15, 0.2) is 12.3 Å². The maximum absolute atomic E-state index is 11.3. The summed E-state index contributed by atoms with van der Waals surface area (Å²) in [6, 6.07) is 1.47. The fraction of sp³-hybridized carbons (Fsp3) is 0.400. The van der Waals surface area contributed by atoms with Crippen LogP contribution in [0.5, 0.6) is 0 Å². The van der Waals surface area contributed by atoms with Crippen molar-refractivity contribution >= 4 is 17.5 Å². The summed E-state index contributed by atoms with van der Waals surface area (Å²) < 4.78 is 4.75. The van der Waals surface area contributed by atoms with E-state index in [-0.39, 0.29) is 24.3 Å². The lowest BCUT2D eigenvalue weighted by Crippen LogP contribution is -2.10. The molecule has 7 heteroatoms. The van der Waals surface area contributed by atoms with Crippen molar-refractivity contribution in [3.63, 3.8) is 0 Å². The minimum absolute atomic E-state index is 0.138. The van der Waals surface area contributed by atoms with E-state index in [1.165, 1.54) is 6.07 Å². The molecule has 1 heterocycles. The second-order valence-corrected chi connectivity index (χ2v) is 3.19. The number of anilines is 1. The van der Waals surface area contributed by atoms with Gasteiger partial charge in [-0.2, -0.15) is 0 Å². The zero-order chi connectivity index (χ0) is 12.8. The molecule has 1 N–H and O–H groups in total. The van der Waals surface area contributed by atoms with Gasteiger partial charge in [-0.3, -0.25) is 14.9 Å². The zero-order valence-corrected chi connectivity index (χ0v) is 9.60. The second kappa shape index (κ2) is 5.78. The van der Waals surface area contributed by atoms with Crippen LogP contribution in [0.3, 0.4) is 0 Å². The molecule has 0 aliphatic rings. The van der Waals surface area contributed by atoms with Gasteiger partial charge in [0.1, 0.15) is 12.0 Å². The summed E-state index contributed by atoms with van der Waals surface area (Å²) >= 11 is 0. The van der Waals surface area contributed by atoms with Crippen LogP contribution < -0.4 is 5.32 Å². The highest BCUT2D eigenvalue weighted by Gasteiger charge is 2.18. The molecule has 0 saturated heterocycles. The number of carbonyl (C=O) groups excluding carboxylic acids is 1. The smallest absolute Gasteiger partial charge is 0.310 e. The maximum atomic E-state index is 11.3. The number of rotatable bonds is 5. The summed E-state index contributed by atoms with van der Waals surface area (Å²) in [5.41, 5.74) is 0.102. The van der Waals surface area contributed by atoms with Gasteiger partial charge < -0.3 is 10.1 Å². The molecule has 92 valence electrons. The van der Waals surface area contributed by atoms with Crippen molar-refractivity contribution in [2.45, 2.75) is 13.3 Å². The number of nitro groups is 1. The second-order valence-electron chi connectivity index (χ2n) is 3.19. The summed E-state index contributed by atoms with van der Waals surface area (Å²) in [6.45, 7) is 1.93. The molecule has 0 fully saturated rings. The molecule has 0 bridgehead atoms. The number of pyridine rings is 1. The Labute approximate surface area is 98.0 Å². The number of esters is 1. The number of ether oxygens (including phenoxy) is 1. The average Bonchev–Trinajstić information content (AvgIpc) is 2.28. The maximum Gasteiger partial charge on any atom is 0.310 e. The Balaban J connectivity index is 3.00. The average molecular weight is 239 g/mol. The molecule has 7 nitrogen and oxygen atoms in total. The lowest BCUT2D eigenvalue weighted by Gasteiger charge is -2.05. The Hall–Kier alpha value is -2.18. The van der Waals surface area contributed by atoms with E-state index in [0.717, 1.165) is 6.20 Å². The van der Waals surface area contributed by atoms with Gasteiger partial charge in [0.05, 0.1) is 18.0 Å². The standard InChI is InChI=1S/C10H13N3O4/c1-3-17-10(14)5-7-4-9(11-2)12-6-8(7)13(15)16/h4,6H,3,5H2,1-2H3,(H,11,12). The van der Waals surface area contributed by atoms with Crippen molar-refractivity contribution in [3.05, 3.63) is 27.9 Å². The molecule has 0 spiro atoms. The fourth-order valence-corrected chi connectivity index (χ4v) is 1.30. The summed E-state index contributed by atoms with van der Waals surface area (Å²) in [5.74, 6) is -0.0289. The van der Waals surface area contributed by atoms with Gasteiger partial charge in [-0.25, -0.2) is 4.98 Å². The lowest BCUT2D eigenvalue weighted by atomic mass is 10.1. The molecule has 0 radical (unpaired) electrons. The van der Waals surface area contributed by atoms with Crippen LogP contribution in [0.25, 0.3) is 0 Å². The molecular weight excluding hydrogens is 226 g/mol. The summed E-state index contributed by atoms with van der Waals surface area (Å²) in [6.07, 6.45) is 0.988. The van der Waals surface area contributed by atoms with Crippen molar-refractivity contribution in [3.8, 4) is 0 Å². The third-order valence-electron chi connectivity index (χ3n) is 2.06. The topological polar surface area (TPSA) is 94.4 Å². The number of aromatic nitrogens is 1. The van der Waals surface area contributed by atoms with Gasteiger partial charge >= 0.3 is 5.97 Å². The zero-order valence-electron chi connectivity index (χ0n) is 9.60. The molecule has 0 aliphatic carbocycles. The minimum atomic E-state index is -0.568. The molecular formula is C10H13N3O4. The molecule has 0 unspecified atom stereocenters. The molecule has 0 aliphatic heterocycles. The third kappa shape index (κ3) is 3.40. The van der Waals surface area contributed by atoms with E-state index in [1.807, 2.05) is 0 Å². The van der Waals surface area contributed by atoms with Crippen molar-refractivity contribution < 1.29 is 14.5 Å². The van der Waals surface area contributed by atoms with Gasteiger partial charge in [0, 0.05) is 12.6 Å². The summed E-state index contributed by atoms with van der Waals surface area (Å²) in [5, 5.41) is 13.5. The summed E-state index contributed by atoms with van der Waals surface area (Å²) in [7, 11) is 1.64. The van der Waals surface area contributed by atoms with Crippen LogP contribution in [0.4, 0.5) is 11.5 Å². The molecule has 0 aromatic carbocycles. The monoisotopic (exact) mass is 239 g/mol. The summed E-state index contributed by atoms with van der Waals surface area (Å²) in [4.78, 5) is 25.3. The van der Waals surface area contributed by atoms with Gasteiger partial charge in [-0.05, 0) is 13.0 Å². The van der Waals surface area contributed by atoms with Gasteiger partial charge in [-0.1, -0.05) is 0 Å². The number of nitrogens with one attached hydrogen (secondary N) is 1. The molecule has 0 saturated carbocycles. The highest BCUT2D eigenvalue weighted by molar-refractivity contribution is 5.74. The highest BCUT2D eigenvalue weighted by Crippen LogP contribution is 2.20. The van der Waals surface area contributed by atoms with Crippen molar-refractivity contribution in [1.29, 1.82) is 0 Å². The molecule has 0 amide bonds. The largest absolute Gasteiger partial charge is 0.466 e. The molecule has 0 atom stereocenters. The molecule has 1 aromatic heterocycles. The highest BCUT2D eigenvalue weighted by atomic mass is 16.6. The lowest BCUT2D eigenvalue weighted by molar-refractivity contribution is -0.385. The van der Waals surface area contributed by atoms with Crippen LogP contribution >= 0.6 is 0 Å². The first-order chi connectivity index (χ1) is 8.08. The van der Waals surface area contributed by atoms with Crippen LogP contribution in [-0.4, -0.2) is 29.5 Å². The molecule has 17 heavy (non-hydrogen) atoms. The van der Waals surface area contributed by atoms with Gasteiger partial charge in [0.15, 0.2) is 0 Å². The van der Waals surface area contributed by atoms with E-state index in [9.17, 15) is 14.9 Å². The van der Waals surface area contributed by atoms with Crippen LogP contribution in [0.1, 0.15) is 12.5 Å². The normalized spacial score (nSPS) is 9.76. The molecule has 1 rings (SSSR count). The molecule has 1 aromatic rings. The van der Waals surface area contributed by atoms with Crippen molar-refractivity contribution in [2.24, 2.45) is 0 Å². The number of nitrogens with zero attached hydrogens (tertiary/aromatic N) is 2. The van der Waals surface area contributed by atoms with E-state index in [0.29, 0.717) is 5.82 Å². The number of hydrogen-bond acceptors (Lipinski definition) is 6. The van der Waals surface area contributed by atoms with Gasteiger partial charge in [0.2, 0.25) is 0 Å². The van der Waals surface area contributed by atoms with E-state index >= 15 is 0 Å².